The SMILES string of the molecule is Cc1cc(F)ccc1OCC(=O)Nc1cccc(N)c1. The minimum absolute atomic E-state index is 0.152. The van der Waals surface area contributed by atoms with E-state index in [1.54, 1.807) is 31.2 Å². The second-order valence-corrected chi connectivity index (χ2v) is 4.37. The Morgan fingerprint density at radius 1 is 1.30 bits per heavy atom. The molecule has 0 saturated carbocycles. The van der Waals surface area contributed by atoms with Crippen LogP contribution in [-0.2, 0) is 4.79 Å². The summed E-state index contributed by atoms with van der Waals surface area (Å²) in [5.41, 5.74) is 7.43. The van der Waals surface area contributed by atoms with E-state index >= 15 is 0 Å². The summed E-state index contributed by atoms with van der Waals surface area (Å²) < 4.78 is 18.3. The average molecular weight is 274 g/mol. The number of benzene rings is 2. The van der Waals surface area contributed by atoms with Crippen LogP contribution in [0.5, 0.6) is 5.75 Å². The third-order valence-corrected chi connectivity index (χ3v) is 2.67. The molecule has 0 unspecified atom stereocenters. The molecule has 0 saturated heterocycles. The van der Waals surface area contributed by atoms with E-state index in [0.717, 1.165) is 0 Å². The fourth-order valence-electron chi connectivity index (χ4n) is 1.73. The number of ether oxygens (including phenoxy) is 1. The van der Waals surface area contributed by atoms with Crippen molar-refractivity contribution in [2.45, 2.75) is 6.92 Å². The Hall–Kier alpha value is -2.56. The van der Waals surface area contributed by atoms with Gasteiger partial charge >= 0.3 is 0 Å². The lowest BCUT2D eigenvalue weighted by molar-refractivity contribution is -0.118. The number of halogens is 1. The summed E-state index contributed by atoms with van der Waals surface area (Å²) in [7, 11) is 0. The standard InChI is InChI=1S/C15H15FN2O2/c1-10-7-11(16)5-6-14(10)20-9-15(19)18-13-4-2-3-12(17)8-13/h2-8H,9,17H2,1H3,(H,18,19). The van der Waals surface area contributed by atoms with E-state index < -0.39 is 0 Å². The van der Waals surface area contributed by atoms with Crippen molar-refractivity contribution >= 4 is 17.3 Å². The van der Waals surface area contributed by atoms with E-state index in [2.05, 4.69) is 5.32 Å². The molecule has 0 spiro atoms. The number of hydrogen-bond acceptors (Lipinski definition) is 3. The Balaban J connectivity index is 1.92. The lowest BCUT2D eigenvalue weighted by atomic mass is 10.2. The van der Waals surface area contributed by atoms with Gasteiger partial charge in [0.15, 0.2) is 6.61 Å². The minimum Gasteiger partial charge on any atom is -0.483 e. The van der Waals surface area contributed by atoms with Gasteiger partial charge in [-0.3, -0.25) is 4.79 Å². The molecule has 0 radical (unpaired) electrons. The third-order valence-electron chi connectivity index (χ3n) is 2.67. The highest BCUT2D eigenvalue weighted by molar-refractivity contribution is 5.92. The number of aryl methyl sites for hydroxylation is 1. The molecule has 104 valence electrons. The first kappa shape index (κ1) is 13.9. The summed E-state index contributed by atoms with van der Waals surface area (Å²) >= 11 is 0. The molecule has 1 amide bonds. The first-order valence-electron chi connectivity index (χ1n) is 6.09. The van der Waals surface area contributed by atoms with Gasteiger partial charge in [0.25, 0.3) is 5.91 Å². The third kappa shape index (κ3) is 3.71. The Kier molecular flexibility index (Phi) is 4.20. The maximum Gasteiger partial charge on any atom is 0.262 e. The first-order chi connectivity index (χ1) is 9.54. The van der Waals surface area contributed by atoms with Crippen LogP contribution in [0, 0.1) is 12.7 Å². The second kappa shape index (κ2) is 6.06. The topological polar surface area (TPSA) is 64.3 Å². The van der Waals surface area contributed by atoms with Crippen molar-refractivity contribution in [3.05, 3.63) is 53.8 Å². The van der Waals surface area contributed by atoms with Crippen LogP contribution < -0.4 is 15.8 Å². The molecular weight excluding hydrogens is 259 g/mol. The van der Waals surface area contributed by atoms with Crippen molar-refractivity contribution in [1.29, 1.82) is 0 Å². The van der Waals surface area contributed by atoms with E-state index in [0.29, 0.717) is 22.7 Å². The maximum absolute atomic E-state index is 12.9. The number of carbonyl (C=O) groups excluding carboxylic acids is 1. The lowest BCUT2D eigenvalue weighted by Crippen LogP contribution is -2.20. The van der Waals surface area contributed by atoms with Gasteiger partial charge in [0, 0.05) is 11.4 Å². The van der Waals surface area contributed by atoms with E-state index in [1.807, 2.05) is 0 Å². The maximum atomic E-state index is 12.9. The number of nitrogens with one attached hydrogen (secondary N) is 1. The number of carbonyl (C=O) groups is 1. The Labute approximate surface area is 116 Å². The van der Waals surface area contributed by atoms with Gasteiger partial charge in [-0.25, -0.2) is 4.39 Å². The predicted molar refractivity (Wildman–Crippen MR) is 76.1 cm³/mol. The molecule has 2 aromatic rings. The van der Waals surface area contributed by atoms with E-state index in [1.165, 1.54) is 18.2 Å². The van der Waals surface area contributed by atoms with Crippen LogP contribution in [0.3, 0.4) is 0 Å². The van der Waals surface area contributed by atoms with Crippen molar-refractivity contribution in [3.63, 3.8) is 0 Å². The summed E-state index contributed by atoms with van der Waals surface area (Å²) in [6, 6.07) is 11.0. The van der Waals surface area contributed by atoms with Gasteiger partial charge in [-0.05, 0) is 48.9 Å². The van der Waals surface area contributed by atoms with Crippen LogP contribution >= 0.6 is 0 Å². The van der Waals surface area contributed by atoms with Gasteiger partial charge in [0.2, 0.25) is 0 Å². The molecule has 3 N–H and O–H groups in total. The highest BCUT2D eigenvalue weighted by Crippen LogP contribution is 2.18. The van der Waals surface area contributed by atoms with Gasteiger partial charge in [0.1, 0.15) is 11.6 Å². The van der Waals surface area contributed by atoms with Crippen LogP contribution in [0.25, 0.3) is 0 Å². The first-order valence-corrected chi connectivity index (χ1v) is 6.09. The average Bonchev–Trinajstić information content (AvgIpc) is 2.37. The molecule has 0 fully saturated rings. The fourth-order valence-corrected chi connectivity index (χ4v) is 1.73. The molecule has 0 heterocycles. The van der Waals surface area contributed by atoms with E-state index in [4.69, 9.17) is 10.5 Å². The van der Waals surface area contributed by atoms with Crippen LogP contribution in [0.15, 0.2) is 42.5 Å². The molecule has 5 heteroatoms. The summed E-state index contributed by atoms with van der Waals surface area (Å²) in [6.07, 6.45) is 0. The number of amides is 1. The molecule has 0 aliphatic rings. The monoisotopic (exact) mass is 274 g/mol. The summed E-state index contributed by atoms with van der Waals surface area (Å²) in [6.45, 7) is 1.56. The van der Waals surface area contributed by atoms with Crippen molar-refractivity contribution < 1.29 is 13.9 Å². The van der Waals surface area contributed by atoms with Gasteiger partial charge < -0.3 is 15.8 Å². The predicted octanol–water partition coefficient (Wildman–Crippen LogP) is 2.73. The minimum atomic E-state index is -0.334. The Morgan fingerprint density at radius 3 is 2.80 bits per heavy atom. The largest absolute Gasteiger partial charge is 0.483 e. The number of rotatable bonds is 4. The molecule has 0 aromatic heterocycles. The summed E-state index contributed by atoms with van der Waals surface area (Å²) in [4.78, 5) is 11.7. The quantitative estimate of drug-likeness (QED) is 0.842. The van der Waals surface area contributed by atoms with Crippen LogP contribution in [-0.4, -0.2) is 12.5 Å². The molecule has 0 aliphatic carbocycles. The molecule has 2 aromatic carbocycles. The second-order valence-electron chi connectivity index (χ2n) is 4.37. The fraction of sp³-hybridized carbons (Fsp3) is 0.133. The molecule has 0 bridgehead atoms. The highest BCUT2D eigenvalue weighted by atomic mass is 19.1. The highest BCUT2D eigenvalue weighted by Gasteiger charge is 2.06. The Morgan fingerprint density at radius 2 is 2.10 bits per heavy atom. The Bertz CT molecular complexity index is 629. The summed E-state index contributed by atoms with van der Waals surface area (Å²) in [5.74, 6) is -0.160. The molecule has 0 aliphatic heterocycles. The zero-order chi connectivity index (χ0) is 14.5. The van der Waals surface area contributed by atoms with Crippen LogP contribution in [0.4, 0.5) is 15.8 Å². The van der Waals surface area contributed by atoms with Gasteiger partial charge in [-0.2, -0.15) is 0 Å². The van der Waals surface area contributed by atoms with E-state index in [9.17, 15) is 9.18 Å². The van der Waals surface area contributed by atoms with Gasteiger partial charge in [-0.15, -0.1) is 0 Å². The van der Waals surface area contributed by atoms with Crippen molar-refractivity contribution in [3.8, 4) is 5.75 Å². The normalized spacial score (nSPS) is 10.1. The van der Waals surface area contributed by atoms with Crippen molar-refractivity contribution in [1.82, 2.24) is 0 Å². The van der Waals surface area contributed by atoms with Crippen molar-refractivity contribution in [2.75, 3.05) is 17.7 Å². The van der Waals surface area contributed by atoms with Gasteiger partial charge in [0.05, 0.1) is 0 Å². The number of anilines is 2. The van der Waals surface area contributed by atoms with Crippen LogP contribution in [0.2, 0.25) is 0 Å². The van der Waals surface area contributed by atoms with Crippen LogP contribution in [0.1, 0.15) is 5.56 Å². The molecule has 0 atom stereocenters. The summed E-state index contributed by atoms with van der Waals surface area (Å²) in [5, 5.41) is 2.67. The smallest absolute Gasteiger partial charge is 0.262 e. The van der Waals surface area contributed by atoms with Crippen molar-refractivity contribution in [2.24, 2.45) is 0 Å². The number of nitrogen functional groups attached to an aromatic ring is 1. The lowest BCUT2D eigenvalue weighted by Gasteiger charge is -2.10. The number of nitrogens with two attached hydrogens (primary N) is 1. The molecular formula is C15H15FN2O2. The molecule has 20 heavy (non-hydrogen) atoms. The number of hydrogen-bond donors (Lipinski definition) is 2. The molecule has 4 nitrogen and oxygen atoms in total. The zero-order valence-corrected chi connectivity index (χ0v) is 11.0. The van der Waals surface area contributed by atoms with Gasteiger partial charge in [-0.1, -0.05) is 6.07 Å². The molecule has 2 rings (SSSR count). The zero-order valence-electron chi connectivity index (χ0n) is 11.0. The van der Waals surface area contributed by atoms with E-state index in [-0.39, 0.29) is 18.3 Å².